The van der Waals surface area contributed by atoms with Gasteiger partial charge in [0.05, 0.1) is 34.2 Å². The average molecular weight is 504 g/mol. The molecule has 0 unspecified atom stereocenters. The molecule has 1 aliphatic heterocycles. The summed E-state index contributed by atoms with van der Waals surface area (Å²) in [7, 11) is 1.58. The van der Waals surface area contributed by atoms with E-state index in [0.717, 1.165) is 42.9 Å². The van der Waals surface area contributed by atoms with E-state index in [-0.39, 0.29) is 0 Å². The Morgan fingerprint density at radius 3 is 2.79 bits per heavy atom. The van der Waals surface area contributed by atoms with Gasteiger partial charge in [0.1, 0.15) is 5.75 Å². The number of benzene rings is 1. The minimum absolute atomic E-state index is 0.312. The number of likely N-dealkylation sites (tertiary alicyclic amines) is 1. The van der Waals surface area contributed by atoms with Crippen LogP contribution in [0.5, 0.6) is 5.75 Å². The molecule has 0 radical (unpaired) electrons. The second-order valence-corrected chi connectivity index (χ2v) is 10.3. The average Bonchev–Trinajstić information content (AvgIpc) is 3.36. The quantitative estimate of drug-likeness (QED) is 0.403. The molecule has 0 aliphatic carbocycles. The Labute approximate surface area is 208 Å². The molecule has 0 amide bonds. The molecule has 0 spiro atoms. The number of fused-ring (bicyclic) bond motifs is 1. The van der Waals surface area contributed by atoms with Gasteiger partial charge in [0.2, 0.25) is 0 Å². The van der Waals surface area contributed by atoms with Crippen molar-refractivity contribution in [3.8, 4) is 5.75 Å². The molecule has 3 heterocycles. The van der Waals surface area contributed by atoms with Gasteiger partial charge in [0.25, 0.3) is 0 Å². The lowest BCUT2D eigenvalue weighted by Gasteiger charge is -2.39. The van der Waals surface area contributed by atoms with Gasteiger partial charge in [-0.1, -0.05) is 11.6 Å². The monoisotopic (exact) mass is 503 g/mol. The highest BCUT2D eigenvalue weighted by Gasteiger charge is 2.41. The first kappa shape index (κ1) is 24.9. The van der Waals surface area contributed by atoms with Crippen LogP contribution in [0.1, 0.15) is 48.8 Å². The number of thiazole rings is 1. The summed E-state index contributed by atoms with van der Waals surface area (Å²) >= 11 is 8.10. The standard InChI is InChI=1S/C25H30ClN3O4S/c1-33-17-4-5-20-18(15-17)23(19(26)16-28-20)21(30)6-7-25(24(31)32)8-12-29(13-9-25)11-2-3-22-27-10-14-34-22/h4-5,10,14-16,21,30H,2-3,6-9,11-13H2,1H3,(H,31,32)/t21-/m0/s1. The lowest BCUT2D eigenvalue weighted by Crippen LogP contribution is -2.44. The number of piperidine rings is 1. The molecule has 2 aromatic heterocycles. The first-order valence-electron chi connectivity index (χ1n) is 11.6. The number of carbonyl (C=O) groups is 1. The zero-order valence-corrected chi connectivity index (χ0v) is 20.8. The third-order valence-corrected chi connectivity index (χ3v) is 8.05. The fourth-order valence-electron chi connectivity index (χ4n) is 4.80. The molecule has 1 atom stereocenters. The van der Waals surface area contributed by atoms with E-state index in [1.54, 1.807) is 18.4 Å². The van der Waals surface area contributed by atoms with E-state index in [4.69, 9.17) is 16.3 Å². The Morgan fingerprint density at radius 1 is 1.32 bits per heavy atom. The van der Waals surface area contributed by atoms with E-state index in [1.807, 2.05) is 29.8 Å². The second kappa shape index (κ2) is 11.0. The summed E-state index contributed by atoms with van der Waals surface area (Å²) in [6.07, 6.45) is 6.29. The molecule has 0 bridgehead atoms. The normalized spacial score (nSPS) is 17.0. The lowest BCUT2D eigenvalue weighted by molar-refractivity contribution is -0.153. The smallest absolute Gasteiger partial charge is 0.309 e. The van der Waals surface area contributed by atoms with Crippen molar-refractivity contribution in [2.24, 2.45) is 5.41 Å². The highest BCUT2D eigenvalue weighted by atomic mass is 35.5. The van der Waals surface area contributed by atoms with Crippen molar-refractivity contribution in [1.29, 1.82) is 0 Å². The summed E-state index contributed by atoms with van der Waals surface area (Å²) in [5, 5.41) is 25.4. The van der Waals surface area contributed by atoms with Crippen molar-refractivity contribution in [2.75, 3.05) is 26.7 Å². The summed E-state index contributed by atoms with van der Waals surface area (Å²) in [4.78, 5) is 23.3. The van der Waals surface area contributed by atoms with Crippen LogP contribution in [0.15, 0.2) is 36.0 Å². The molecule has 1 aromatic carbocycles. The number of halogens is 1. The van der Waals surface area contributed by atoms with Gasteiger partial charge in [-0.15, -0.1) is 11.3 Å². The molecular formula is C25H30ClN3O4S. The van der Waals surface area contributed by atoms with Gasteiger partial charge in [-0.25, -0.2) is 4.98 Å². The van der Waals surface area contributed by atoms with Gasteiger partial charge in [0, 0.05) is 35.1 Å². The molecule has 1 saturated heterocycles. The van der Waals surface area contributed by atoms with E-state index < -0.39 is 17.5 Å². The highest BCUT2D eigenvalue weighted by molar-refractivity contribution is 7.09. The number of pyridine rings is 1. The van der Waals surface area contributed by atoms with Crippen molar-refractivity contribution < 1.29 is 19.7 Å². The fourth-order valence-corrected chi connectivity index (χ4v) is 5.74. The van der Waals surface area contributed by atoms with Crippen molar-refractivity contribution >= 4 is 39.8 Å². The number of methoxy groups -OCH3 is 1. The highest BCUT2D eigenvalue weighted by Crippen LogP contribution is 2.41. The molecule has 182 valence electrons. The van der Waals surface area contributed by atoms with E-state index in [0.29, 0.717) is 47.5 Å². The Bertz CT molecular complexity index is 1120. The maximum atomic E-state index is 12.3. The summed E-state index contributed by atoms with van der Waals surface area (Å²) in [5.74, 6) is -0.135. The topological polar surface area (TPSA) is 95.8 Å². The molecule has 9 heteroatoms. The van der Waals surface area contributed by atoms with Gasteiger partial charge in [-0.05, 0) is 69.9 Å². The van der Waals surface area contributed by atoms with Crippen molar-refractivity contribution in [3.63, 3.8) is 0 Å². The van der Waals surface area contributed by atoms with Crippen molar-refractivity contribution in [1.82, 2.24) is 14.9 Å². The Balaban J connectivity index is 1.39. The van der Waals surface area contributed by atoms with Gasteiger partial charge in [-0.2, -0.15) is 0 Å². The van der Waals surface area contributed by atoms with E-state index in [2.05, 4.69) is 14.9 Å². The predicted octanol–water partition coefficient (Wildman–Crippen LogP) is 4.97. The molecule has 1 aliphatic rings. The third kappa shape index (κ3) is 5.51. The SMILES string of the molecule is COc1ccc2ncc(Cl)c([C@@H](O)CCC3(C(=O)O)CCN(CCCc4nccs4)CC3)c2c1. The molecular weight excluding hydrogens is 474 g/mol. The molecule has 1 fully saturated rings. The predicted molar refractivity (Wildman–Crippen MR) is 134 cm³/mol. The summed E-state index contributed by atoms with van der Waals surface area (Å²) < 4.78 is 5.32. The Morgan fingerprint density at radius 2 is 2.12 bits per heavy atom. The largest absolute Gasteiger partial charge is 0.497 e. The number of carboxylic acids is 1. The van der Waals surface area contributed by atoms with Crippen molar-refractivity contribution in [3.05, 3.63) is 51.6 Å². The number of rotatable bonds is 10. The van der Waals surface area contributed by atoms with Gasteiger partial charge in [-0.3, -0.25) is 9.78 Å². The van der Waals surface area contributed by atoms with Crippen LogP contribution in [0.2, 0.25) is 5.02 Å². The first-order chi connectivity index (χ1) is 16.4. The molecule has 3 aromatic rings. The van der Waals surface area contributed by atoms with Crippen LogP contribution < -0.4 is 4.74 Å². The number of ether oxygens (including phenoxy) is 1. The van der Waals surface area contributed by atoms with Crippen LogP contribution in [0.25, 0.3) is 10.9 Å². The summed E-state index contributed by atoms with van der Waals surface area (Å²) in [6.45, 7) is 2.44. The van der Waals surface area contributed by atoms with Crippen LogP contribution in [-0.2, 0) is 11.2 Å². The van der Waals surface area contributed by atoms with E-state index in [1.165, 1.54) is 6.20 Å². The number of aliphatic hydroxyl groups is 1. The molecule has 7 nitrogen and oxygen atoms in total. The molecule has 2 N–H and O–H groups in total. The number of hydrogen-bond donors (Lipinski definition) is 2. The number of aliphatic hydroxyl groups excluding tert-OH is 1. The zero-order valence-electron chi connectivity index (χ0n) is 19.2. The lowest BCUT2D eigenvalue weighted by atomic mass is 9.74. The van der Waals surface area contributed by atoms with Crippen LogP contribution in [0.3, 0.4) is 0 Å². The molecule has 0 saturated carbocycles. The van der Waals surface area contributed by atoms with Gasteiger partial charge >= 0.3 is 5.97 Å². The number of hydrogen-bond acceptors (Lipinski definition) is 7. The Hall–Kier alpha value is -2.26. The second-order valence-electron chi connectivity index (χ2n) is 8.91. The fraction of sp³-hybridized carbons (Fsp3) is 0.480. The Kier molecular flexibility index (Phi) is 8.03. The number of carboxylic acid groups (broad SMARTS) is 1. The van der Waals surface area contributed by atoms with Gasteiger partial charge in [0.15, 0.2) is 0 Å². The maximum absolute atomic E-state index is 12.3. The zero-order chi connectivity index (χ0) is 24.1. The summed E-state index contributed by atoms with van der Waals surface area (Å²) in [5.41, 5.74) is 0.448. The first-order valence-corrected chi connectivity index (χ1v) is 12.8. The van der Waals surface area contributed by atoms with Crippen LogP contribution >= 0.6 is 22.9 Å². The minimum Gasteiger partial charge on any atom is -0.497 e. The number of aryl methyl sites for hydroxylation is 1. The number of nitrogens with zero attached hydrogens (tertiary/aromatic N) is 3. The van der Waals surface area contributed by atoms with Crippen LogP contribution in [0.4, 0.5) is 0 Å². The van der Waals surface area contributed by atoms with Gasteiger partial charge < -0.3 is 19.8 Å². The maximum Gasteiger partial charge on any atom is 0.309 e. The molecule has 4 rings (SSSR count). The van der Waals surface area contributed by atoms with Crippen LogP contribution in [0, 0.1) is 5.41 Å². The third-order valence-electron chi connectivity index (χ3n) is 6.91. The van der Waals surface area contributed by atoms with Crippen molar-refractivity contribution in [2.45, 2.75) is 44.6 Å². The number of aliphatic carboxylic acids is 1. The summed E-state index contributed by atoms with van der Waals surface area (Å²) in [6, 6.07) is 5.44. The van der Waals surface area contributed by atoms with E-state index in [9.17, 15) is 15.0 Å². The number of aromatic nitrogens is 2. The molecule has 34 heavy (non-hydrogen) atoms. The van der Waals surface area contributed by atoms with Crippen LogP contribution in [-0.4, -0.2) is 57.8 Å². The minimum atomic E-state index is -0.891. The van der Waals surface area contributed by atoms with E-state index >= 15 is 0 Å².